The fourth-order valence-corrected chi connectivity index (χ4v) is 2.02. The lowest BCUT2D eigenvalue weighted by molar-refractivity contribution is 0.306. The van der Waals surface area contributed by atoms with Crippen molar-refractivity contribution in [2.24, 2.45) is 0 Å². The molecule has 1 aliphatic heterocycles. The Bertz CT molecular complexity index is 568. The minimum atomic E-state index is -0.421. The quantitative estimate of drug-likeness (QED) is 0.926. The van der Waals surface area contributed by atoms with E-state index in [1.807, 2.05) is 0 Å². The molecule has 1 aromatic carbocycles. The minimum absolute atomic E-state index is 0.111. The van der Waals surface area contributed by atoms with Crippen molar-refractivity contribution in [3.05, 3.63) is 46.3 Å². The Hall–Kier alpha value is -1.46. The Morgan fingerprint density at radius 3 is 3.00 bits per heavy atom. The van der Waals surface area contributed by atoms with Crippen molar-refractivity contribution in [2.45, 2.75) is 12.3 Å². The zero-order valence-corrected chi connectivity index (χ0v) is 10.2. The van der Waals surface area contributed by atoms with Crippen LogP contribution in [0, 0.1) is 5.82 Å². The summed E-state index contributed by atoms with van der Waals surface area (Å²) in [6, 6.07) is 4.89. The number of halogens is 2. The SMILES string of the molecule is Fc1c(Cl)cccc1Cc1noc(C2CNC2)n1. The molecule has 1 aromatic heterocycles. The molecular formula is C12H11ClFN3O. The number of aromatic nitrogens is 2. The molecule has 1 N–H and O–H groups in total. The Morgan fingerprint density at radius 2 is 2.28 bits per heavy atom. The van der Waals surface area contributed by atoms with Gasteiger partial charge >= 0.3 is 0 Å². The van der Waals surface area contributed by atoms with Crippen LogP contribution >= 0.6 is 11.6 Å². The molecule has 0 radical (unpaired) electrons. The topological polar surface area (TPSA) is 51.0 Å². The van der Waals surface area contributed by atoms with Crippen molar-refractivity contribution in [1.82, 2.24) is 15.5 Å². The van der Waals surface area contributed by atoms with Gasteiger partial charge in [-0.1, -0.05) is 28.9 Å². The molecule has 1 fully saturated rings. The highest BCUT2D eigenvalue weighted by Crippen LogP contribution is 2.21. The standard InChI is InChI=1S/C12H11ClFN3O/c13-9-3-1-2-7(11(9)14)4-10-16-12(18-17-10)8-5-15-6-8/h1-3,8,15H,4-6H2. The van der Waals surface area contributed by atoms with Gasteiger partial charge in [0.2, 0.25) is 5.89 Å². The third-order valence-electron chi connectivity index (χ3n) is 2.99. The Morgan fingerprint density at radius 1 is 1.44 bits per heavy atom. The fraction of sp³-hybridized carbons (Fsp3) is 0.333. The molecule has 0 saturated carbocycles. The van der Waals surface area contributed by atoms with Crippen LogP contribution < -0.4 is 5.32 Å². The number of nitrogens with one attached hydrogen (secondary N) is 1. The van der Waals surface area contributed by atoms with Crippen LogP contribution in [0.5, 0.6) is 0 Å². The molecule has 2 aromatic rings. The summed E-state index contributed by atoms with van der Waals surface area (Å²) < 4.78 is 18.9. The van der Waals surface area contributed by atoms with Gasteiger partial charge in [0, 0.05) is 19.5 Å². The monoisotopic (exact) mass is 267 g/mol. The van der Waals surface area contributed by atoms with E-state index < -0.39 is 5.82 Å². The average molecular weight is 268 g/mol. The van der Waals surface area contributed by atoms with Crippen LogP contribution in [0.1, 0.15) is 23.2 Å². The van der Waals surface area contributed by atoms with E-state index in [-0.39, 0.29) is 17.4 Å². The van der Waals surface area contributed by atoms with Crippen molar-refractivity contribution in [3.8, 4) is 0 Å². The first-order valence-electron chi connectivity index (χ1n) is 5.70. The van der Waals surface area contributed by atoms with Gasteiger partial charge in [-0.15, -0.1) is 0 Å². The van der Waals surface area contributed by atoms with Crippen LogP contribution in [0.3, 0.4) is 0 Å². The summed E-state index contributed by atoms with van der Waals surface area (Å²) in [5.41, 5.74) is 0.474. The van der Waals surface area contributed by atoms with Crippen LogP contribution in [-0.4, -0.2) is 23.2 Å². The van der Waals surface area contributed by atoms with Crippen molar-refractivity contribution in [1.29, 1.82) is 0 Å². The second kappa shape index (κ2) is 4.66. The molecule has 3 rings (SSSR count). The number of hydrogen-bond acceptors (Lipinski definition) is 4. The third-order valence-corrected chi connectivity index (χ3v) is 3.29. The largest absolute Gasteiger partial charge is 0.339 e. The summed E-state index contributed by atoms with van der Waals surface area (Å²) in [5, 5.41) is 7.10. The maximum atomic E-state index is 13.7. The lowest BCUT2D eigenvalue weighted by Gasteiger charge is -2.22. The van der Waals surface area contributed by atoms with Gasteiger partial charge < -0.3 is 9.84 Å². The molecule has 0 unspecified atom stereocenters. The fourth-order valence-electron chi connectivity index (χ4n) is 1.82. The summed E-state index contributed by atoms with van der Waals surface area (Å²) >= 11 is 5.72. The summed E-state index contributed by atoms with van der Waals surface area (Å²) in [6.07, 6.45) is 0.288. The van der Waals surface area contributed by atoms with Crippen molar-refractivity contribution in [3.63, 3.8) is 0 Å². The summed E-state index contributed by atoms with van der Waals surface area (Å²) in [7, 11) is 0. The van der Waals surface area contributed by atoms with Gasteiger partial charge in [-0.2, -0.15) is 4.98 Å². The van der Waals surface area contributed by atoms with Gasteiger partial charge in [-0.25, -0.2) is 4.39 Å². The van der Waals surface area contributed by atoms with E-state index in [4.69, 9.17) is 16.1 Å². The summed E-state index contributed by atoms with van der Waals surface area (Å²) in [4.78, 5) is 4.27. The van der Waals surface area contributed by atoms with E-state index in [0.717, 1.165) is 13.1 Å². The van der Waals surface area contributed by atoms with Gasteiger partial charge in [-0.05, 0) is 11.6 Å². The lowest BCUT2D eigenvalue weighted by atomic mass is 10.0. The van der Waals surface area contributed by atoms with Gasteiger partial charge in [0.25, 0.3) is 0 Å². The van der Waals surface area contributed by atoms with E-state index in [1.165, 1.54) is 6.07 Å². The number of benzene rings is 1. The second-order valence-electron chi connectivity index (χ2n) is 4.29. The van der Waals surface area contributed by atoms with Gasteiger partial charge in [0.1, 0.15) is 5.82 Å². The molecular weight excluding hydrogens is 257 g/mol. The maximum Gasteiger partial charge on any atom is 0.232 e. The molecule has 1 aliphatic rings. The van der Waals surface area contributed by atoms with Crippen molar-refractivity contribution in [2.75, 3.05) is 13.1 Å². The van der Waals surface area contributed by atoms with Crippen LogP contribution in [-0.2, 0) is 6.42 Å². The van der Waals surface area contributed by atoms with E-state index >= 15 is 0 Å². The highest BCUT2D eigenvalue weighted by atomic mass is 35.5. The predicted octanol–water partition coefficient (Wildman–Crippen LogP) is 2.14. The molecule has 4 nitrogen and oxygen atoms in total. The Labute approximate surface area is 108 Å². The first kappa shape index (κ1) is 11.6. The maximum absolute atomic E-state index is 13.7. The van der Waals surface area contributed by atoms with Crippen LogP contribution in [0.15, 0.2) is 22.7 Å². The van der Waals surface area contributed by atoms with E-state index in [1.54, 1.807) is 12.1 Å². The Balaban J connectivity index is 1.79. The second-order valence-corrected chi connectivity index (χ2v) is 4.70. The lowest BCUT2D eigenvalue weighted by Crippen LogP contribution is -2.40. The zero-order chi connectivity index (χ0) is 12.5. The molecule has 0 spiro atoms. The number of nitrogens with zero attached hydrogens (tertiary/aromatic N) is 2. The normalized spacial score (nSPS) is 15.7. The molecule has 94 valence electrons. The van der Waals surface area contributed by atoms with Gasteiger partial charge in [0.15, 0.2) is 5.82 Å². The van der Waals surface area contributed by atoms with Gasteiger partial charge in [-0.3, -0.25) is 0 Å². The van der Waals surface area contributed by atoms with E-state index in [9.17, 15) is 4.39 Å². The smallest absolute Gasteiger partial charge is 0.232 e. The number of rotatable bonds is 3. The van der Waals surface area contributed by atoms with Crippen LogP contribution in [0.4, 0.5) is 4.39 Å². The minimum Gasteiger partial charge on any atom is -0.339 e. The Kier molecular flexibility index (Phi) is 3.01. The third kappa shape index (κ3) is 2.11. The predicted molar refractivity (Wildman–Crippen MR) is 64.1 cm³/mol. The summed E-state index contributed by atoms with van der Waals surface area (Å²) in [5.74, 6) is 0.968. The zero-order valence-electron chi connectivity index (χ0n) is 9.49. The highest BCUT2D eigenvalue weighted by molar-refractivity contribution is 6.30. The molecule has 0 amide bonds. The first-order chi connectivity index (χ1) is 8.74. The van der Waals surface area contributed by atoms with Crippen LogP contribution in [0.25, 0.3) is 0 Å². The first-order valence-corrected chi connectivity index (χ1v) is 6.08. The molecule has 18 heavy (non-hydrogen) atoms. The average Bonchev–Trinajstić information content (AvgIpc) is 2.71. The summed E-state index contributed by atoms with van der Waals surface area (Å²) in [6.45, 7) is 1.71. The van der Waals surface area contributed by atoms with Crippen LogP contribution in [0.2, 0.25) is 5.02 Å². The molecule has 0 atom stereocenters. The number of hydrogen-bond donors (Lipinski definition) is 1. The molecule has 0 bridgehead atoms. The van der Waals surface area contributed by atoms with E-state index in [2.05, 4.69) is 15.5 Å². The van der Waals surface area contributed by atoms with Gasteiger partial charge in [0.05, 0.1) is 10.9 Å². The van der Waals surface area contributed by atoms with Crippen molar-refractivity contribution >= 4 is 11.6 Å². The highest BCUT2D eigenvalue weighted by Gasteiger charge is 2.25. The molecule has 6 heteroatoms. The van der Waals surface area contributed by atoms with Crippen molar-refractivity contribution < 1.29 is 8.91 Å². The van der Waals surface area contributed by atoms with E-state index in [0.29, 0.717) is 17.3 Å². The molecule has 2 heterocycles. The molecule has 0 aliphatic carbocycles. The molecule has 1 saturated heterocycles.